The zero-order chi connectivity index (χ0) is 15.0. The molecular formula is C16H18N4O. The first kappa shape index (κ1) is 13.4. The van der Waals surface area contributed by atoms with E-state index in [-0.39, 0.29) is 5.92 Å². The predicted octanol–water partition coefficient (Wildman–Crippen LogP) is 3.47. The molecule has 0 radical (unpaired) electrons. The van der Waals surface area contributed by atoms with Crippen molar-refractivity contribution in [2.45, 2.75) is 19.8 Å². The summed E-state index contributed by atoms with van der Waals surface area (Å²) >= 11 is 0. The van der Waals surface area contributed by atoms with Crippen LogP contribution in [0.1, 0.15) is 25.5 Å². The van der Waals surface area contributed by atoms with Crippen LogP contribution in [0.15, 0.2) is 36.5 Å². The Morgan fingerprint density at radius 3 is 2.71 bits per heavy atom. The van der Waals surface area contributed by atoms with Gasteiger partial charge in [0.2, 0.25) is 5.88 Å². The number of aryl methyl sites for hydroxylation is 1. The van der Waals surface area contributed by atoms with E-state index >= 15 is 0 Å². The SMILES string of the molecule is CC(C)c1nn(C)c(Oc2cccc3ncccc23)c1N. The Bertz CT molecular complexity index is 787. The summed E-state index contributed by atoms with van der Waals surface area (Å²) in [7, 11) is 1.83. The highest BCUT2D eigenvalue weighted by Crippen LogP contribution is 2.35. The summed E-state index contributed by atoms with van der Waals surface area (Å²) in [5.74, 6) is 1.54. The number of hydrogen-bond donors (Lipinski definition) is 1. The summed E-state index contributed by atoms with van der Waals surface area (Å²) in [6.07, 6.45) is 1.77. The molecule has 0 saturated carbocycles. The molecule has 0 spiro atoms. The molecule has 5 nitrogen and oxygen atoms in total. The van der Waals surface area contributed by atoms with Crippen LogP contribution in [0.5, 0.6) is 11.6 Å². The fraction of sp³-hybridized carbons (Fsp3) is 0.250. The molecule has 0 atom stereocenters. The number of nitrogens with zero attached hydrogens (tertiary/aromatic N) is 3. The number of pyridine rings is 1. The van der Waals surface area contributed by atoms with Gasteiger partial charge in [0.25, 0.3) is 0 Å². The fourth-order valence-electron chi connectivity index (χ4n) is 2.36. The summed E-state index contributed by atoms with van der Waals surface area (Å²) in [5.41, 5.74) is 8.51. The third-order valence-corrected chi connectivity index (χ3v) is 3.42. The Kier molecular flexibility index (Phi) is 3.25. The number of anilines is 1. The average Bonchev–Trinajstić information content (AvgIpc) is 2.76. The van der Waals surface area contributed by atoms with Gasteiger partial charge >= 0.3 is 0 Å². The molecular weight excluding hydrogens is 264 g/mol. The summed E-state index contributed by atoms with van der Waals surface area (Å²) < 4.78 is 7.70. The quantitative estimate of drug-likeness (QED) is 0.798. The third kappa shape index (κ3) is 2.31. The molecule has 2 N–H and O–H groups in total. The first-order valence-corrected chi connectivity index (χ1v) is 6.92. The minimum atomic E-state index is 0.253. The zero-order valence-corrected chi connectivity index (χ0v) is 12.4. The van der Waals surface area contributed by atoms with Crippen molar-refractivity contribution in [3.63, 3.8) is 0 Å². The van der Waals surface area contributed by atoms with E-state index in [0.29, 0.717) is 11.6 Å². The highest BCUT2D eigenvalue weighted by atomic mass is 16.5. The molecule has 2 aromatic heterocycles. The molecule has 108 valence electrons. The van der Waals surface area contributed by atoms with Crippen molar-refractivity contribution in [2.24, 2.45) is 7.05 Å². The average molecular weight is 282 g/mol. The van der Waals surface area contributed by atoms with Gasteiger partial charge in [0.05, 0.1) is 11.2 Å². The highest BCUT2D eigenvalue weighted by Gasteiger charge is 2.18. The third-order valence-electron chi connectivity index (χ3n) is 3.42. The second-order valence-corrected chi connectivity index (χ2v) is 5.31. The largest absolute Gasteiger partial charge is 0.437 e. The van der Waals surface area contributed by atoms with Gasteiger partial charge in [-0.3, -0.25) is 4.98 Å². The number of hydrogen-bond acceptors (Lipinski definition) is 4. The topological polar surface area (TPSA) is 66.0 Å². The van der Waals surface area contributed by atoms with Crippen LogP contribution in [0.3, 0.4) is 0 Å². The molecule has 0 fully saturated rings. The lowest BCUT2D eigenvalue weighted by Crippen LogP contribution is -1.97. The number of ether oxygens (including phenoxy) is 1. The van der Waals surface area contributed by atoms with Gasteiger partial charge in [-0.2, -0.15) is 5.10 Å². The van der Waals surface area contributed by atoms with Crippen molar-refractivity contribution in [3.05, 3.63) is 42.2 Å². The van der Waals surface area contributed by atoms with Gasteiger partial charge in [0.15, 0.2) is 0 Å². The molecule has 3 rings (SSSR count). The predicted molar refractivity (Wildman–Crippen MR) is 83.5 cm³/mol. The molecule has 21 heavy (non-hydrogen) atoms. The van der Waals surface area contributed by atoms with Crippen LogP contribution in [0, 0.1) is 0 Å². The maximum Gasteiger partial charge on any atom is 0.241 e. The number of fused-ring (bicyclic) bond motifs is 1. The van der Waals surface area contributed by atoms with E-state index in [4.69, 9.17) is 10.5 Å². The van der Waals surface area contributed by atoms with Gasteiger partial charge in [-0.05, 0) is 30.2 Å². The molecule has 0 bridgehead atoms. The number of benzene rings is 1. The summed E-state index contributed by atoms with van der Waals surface area (Å²) in [5, 5.41) is 5.39. The van der Waals surface area contributed by atoms with Gasteiger partial charge in [-0.15, -0.1) is 0 Å². The molecule has 0 aliphatic carbocycles. The van der Waals surface area contributed by atoms with Gasteiger partial charge in [-0.25, -0.2) is 4.68 Å². The first-order valence-electron chi connectivity index (χ1n) is 6.92. The molecule has 2 heterocycles. The smallest absolute Gasteiger partial charge is 0.241 e. The molecule has 0 amide bonds. The van der Waals surface area contributed by atoms with Gasteiger partial charge < -0.3 is 10.5 Å². The zero-order valence-electron chi connectivity index (χ0n) is 12.4. The Morgan fingerprint density at radius 2 is 2.00 bits per heavy atom. The molecule has 0 unspecified atom stereocenters. The normalized spacial score (nSPS) is 11.2. The van der Waals surface area contributed by atoms with Crippen LogP contribution in [-0.4, -0.2) is 14.8 Å². The van der Waals surface area contributed by atoms with Crippen LogP contribution in [0.2, 0.25) is 0 Å². The van der Waals surface area contributed by atoms with E-state index in [1.807, 2.05) is 37.4 Å². The molecule has 3 aromatic rings. The van der Waals surface area contributed by atoms with Crippen LogP contribution in [-0.2, 0) is 7.05 Å². The van der Waals surface area contributed by atoms with Crippen molar-refractivity contribution in [2.75, 3.05) is 5.73 Å². The molecule has 0 aliphatic heterocycles. The Balaban J connectivity index is 2.07. The number of aromatic nitrogens is 3. The standard InChI is InChI=1S/C16H18N4O/c1-10(2)15-14(17)16(20(3)19-15)21-13-8-4-7-12-11(13)6-5-9-18-12/h4-10H,17H2,1-3H3. The molecule has 0 aliphatic rings. The van der Waals surface area contributed by atoms with Crippen LogP contribution >= 0.6 is 0 Å². The Morgan fingerprint density at radius 1 is 1.19 bits per heavy atom. The number of nitrogens with two attached hydrogens (primary N) is 1. The fourth-order valence-corrected chi connectivity index (χ4v) is 2.36. The van der Waals surface area contributed by atoms with E-state index in [0.717, 1.165) is 22.3 Å². The lowest BCUT2D eigenvalue weighted by atomic mass is 10.1. The molecule has 1 aromatic carbocycles. The summed E-state index contributed by atoms with van der Waals surface area (Å²) in [6.45, 7) is 4.12. The van der Waals surface area contributed by atoms with Gasteiger partial charge in [-0.1, -0.05) is 19.9 Å². The lowest BCUT2D eigenvalue weighted by molar-refractivity contribution is 0.436. The van der Waals surface area contributed by atoms with Crippen molar-refractivity contribution in [1.29, 1.82) is 0 Å². The first-order chi connectivity index (χ1) is 10.1. The van der Waals surface area contributed by atoms with Crippen LogP contribution in [0.4, 0.5) is 5.69 Å². The van der Waals surface area contributed by atoms with Crippen LogP contribution < -0.4 is 10.5 Å². The summed E-state index contributed by atoms with van der Waals surface area (Å²) in [4.78, 5) is 4.33. The maximum absolute atomic E-state index is 6.17. The van der Waals surface area contributed by atoms with Crippen molar-refractivity contribution in [3.8, 4) is 11.6 Å². The van der Waals surface area contributed by atoms with Crippen molar-refractivity contribution < 1.29 is 4.74 Å². The van der Waals surface area contributed by atoms with E-state index < -0.39 is 0 Å². The van der Waals surface area contributed by atoms with Crippen molar-refractivity contribution >= 4 is 16.6 Å². The van der Waals surface area contributed by atoms with E-state index in [9.17, 15) is 0 Å². The van der Waals surface area contributed by atoms with E-state index in [1.54, 1.807) is 10.9 Å². The van der Waals surface area contributed by atoms with E-state index in [1.165, 1.54) is 0 Å². The number of rotatable bonds is 3. The monoisotopic (exact) mass is 282 g/mol. The van der Waals surface area contributed by atoms with Crippen molar-refractivity contribution in [1.82, 2.24) is 14.8 Å². The molecule has 0 saturated heterocycles. The minimum absolute atomic E-state index is 0.253. The van der Waals surface area contributed by atoms with E-state index in [2.05, 4.69) is 23.9 Å². The van der Waals surface area contributed by atoms with Gasteiger partial charge in [0, 0.05) is 18.6 Å². The Labute approximate surface area is 123 Å². The minimum Gasteiger partial charge on any atom is -0.437 e. The van der Waals surface area contributed by atoms with Gasteiger partial charge in [0.1, 0.15) is 11.4 Å². The van der Waals surface area contributed by atoms with Crippen LogP contribution in [0.25, 0.3) is 10.9 Å². The second kappa shape index (κ2) is 5.09. The lowest BCUT2D eigenvalue weighted by Gasteiger charge is -2.09. The molecule has 5 heteroatoms. The Hall–Kier alpha value is -2.56. The maximum atomic E-state index is 6.17. The highest BCUT2D eigenvalue weighted by molar-refractivity contribution is 5.85. The second-order valence-electron chi connectivity index (χ2n) is 5.31. The summed E-state index contributed by atoms with van der Waals surface area (Å²) in [6, 6.07) is 9.65. The number of nitrogen functional groups attached to an aromatic ring is 1.